The number of nitrogens with zero attached hydrogens (tertiary/aromatic N) is 1. The van der Waals surface area contributed by atoms with Crippen LogP contribution in [0.25, 0.3) is 0 Å². The standard InChI is InChI=1S/C3H5NO.C3H6S.C2H4O/c1-2-4-3-5;1-3(2)4;1-2-3-1/h2H2,1H3;4H,1H2,2H3;1-2H2. The highest BCUT2D eigenvalue weighted by atomic mass is 32.1. The van der Waals surface area contributed by atoms with Crippen molar-refractivity contribution in [3.8, 4) is 0 Å². The zero-order valence-corrected chi connectivity index (χ0v) is 8.43. The van der Waals surface area contributed by atoms with Gasteiger partial charge in [0, 0.05) is 6.54 Å². The Morgan fingerprint density at radius 3 is 2.08 bits per heavy atom. The van der Waals surface area contributed by atoms with Crippen LogP contribution < -0.4 is 0 Å². The molecule has 70 valence electrons. The van der Waals surface area contributed by atoms with E-state index in [2.05, 4.69) is 28.9 Å². The molecule has 0 bridgehead atoms. The number of epoxide rings is 1. The third-order valence-electron chi connectivity index (χ3n) is 0.427. The van der Waals surface area contributed by atoms with Gasteiger partial charge in [0.25, 0.3) is 0 Å². The Morgan fingerprint density at radius 1 is 1.75 bits per heavy atom. The summed E-state index contributed by atoms with van der Waals surface area (Å²) in [7, 11) is 0. The van der Waals surface area contributed by atoms with Crippen LogP contribution >= 0.6 is 12.6 Å². The van der Waals surface area contributed by atoms with E-state index >= 15 is 0 Å². The lowest BCUT2D eigenvalue weighted by molar-refractivity contribution is 0.475. The first kappa shape index (κ1) is 14.0. The molecule has 0 unspecified atom stereocenters. The molecule has 0 spiro atoms. The van der Waals surface area contributed by atoms with Crippen LogP contribution in [-0.4, -0.2) is 25.8 Å². The minimum atomic E-state index is 0.545. The molecule has 0 aliphatic carbocycles. The molecule has 1 rings (SSSR count). The lowest BCUT2D eigenvalue weighted by Gasteiger charge is -1.64. The van der Waals surface area contributed by atoms with Crippen molar-refractivity contribution in [2.45, 2.75) is 13.8 Å². The normalized spacial score (nSPS) is 10.6. The summed E-state index contributed by atoms with van der Waals surface area (Å²) in [5, 5.41) is 0. The predicted octanol–water partition coefficient (Wildman–Crippen LogP) is 1.81. The highest BCUT2D eigenvalue weighted by Gasteiger charge is 1.94. The minimum Gasteiger partial charge on any atom is -0.377 e. The topological polar surface area (TPSA) is 42.0 Å². The van der Waals surface area contributed by atoms with Gasteiger partial charge in [-0.15, -0.1) is 12.6 Å². The number of allylic oxidation sites excluding steroid dienone is 1. The van der Waals surface area contributed by atoms with Crippen LogP contribution in [0.15, 0.2) is 16.5 Å². The lowest BCUT2D eigenvalue weighted by Crippen LogP contribution is -1.58. The van der Waals surface area contributed by atoms with Crippen LogP contribution in [-0.2, 0) is 9.53 Å². The number of isocyanates is 1. The molecule has 0 aromatic rings. The first-order valence-corrected chi connectivity index (χ1v) is 4.05. The average molecular weight is 189 g/mol. The summed E-state index contributed by atoms with van der Waals surface area (Å²) in [6.07, 6.45) is 1.39. The molecule has 0 amide bonds. The maximum absolute atomic E-state index is 9.11. The van der Waals surface area contributed by atoms with Crippen LogP contribution in [0, 0.1) is 0 Å². The smallest absolute Gasteiger partial charge is 0.234 e. The largest absolute Gasteiger partial charge is 0.377 e. The molecule has 12 heavy (non-hydrogen) atoms. The van der Waals surface area contributed by atoms with Gasteiger partial charge in [0.2, 0.25) is 6.08 Å². The van der Waals surface area contributed by atoms with E-state index in [0.29, 0.717) is 6.54 Å². The number of ether oxygens (including phenoxy) is 1. The number of rotatable bonds is 1. The molecule has 1 fully saturated rings. The van der Waals surface area contributed by atoms with Crippen LogP contribution in [0.4, 0.5) is 0 Å². The van der Waals surface area contributed by atoms with E-state index in [1.807, 2.05) is 6.92 Å². The van der Waals surface area contributed by atoms with E-state index in [4.69, 9.17) is 4.79 Å². The Morgan fingerprint density at radius 2 is 2.08 bits per heavy atom. The van der Waals surface area contributed by atoms with E-state index in [9.17, 15) is 0 Å². The molecule has 1 saturated heterocycles. The van der Waals surface area contributed by atoms with E-state index in [0.717, 1.165) is 18.1 Å². The number of aliphatic imine (C=N–C) groups is 1. The fourth-order valence-electron chi connectivity index (χ4n) is 0.0645. The van der Waals surface area contributed by atoms with Gasteiger partial charge >= 0.3 is 0 Å². The summed E-state index contributed by atoms with van der Waals surface area (Å²) in [4.78, 5) is 13.1. The molecule has 1 heterocycles. The maximum Gasteiger partial charge on any atom is 0.234 e. The summed E-state index contributed by atoms with van der Waals surface area (Å²) in [6, 6.07) is 0. The molecule has 4 heteroatoms. The second-order valence-electron chi connectivity index (χ2n) is 1.91. The third-order valence-corrected chi connectivity index (χ3v) is 0.427. The third kappa shape index (κ3) is 113. The van der Waals surface area contributed by atoms with Crippen molar-refractivity contribution in [2.75, 3.05) is 19.8 Å². The molecular weight excluding hydrogens is 174 g/mol. The Labute approximate surface area is 78.9 Å². The fourth-order valence-corrected chi connectivity index (χ4v) is 0.0645. The summed E-state index contributed by atoms with van der Waals surface area (Å²) in [5.74, 6) is 0. The van der Waals surface area contributed by atoms with Gasteiger partial charge in [0.05, 0.1) is 13.2 Å². The van der Waals surface area contributed by atoms with Crippen molar-refractivity contribution in [1.29, 1.82) is 0 Å². The second kappa shape index (κ2) is 13.1. The van der Waals surface area contributed by atoms with E-state index in [-0.39, 0.29) is 0 Å². The lowest BCUT2D eigenvalue weighted by atomic mass is 10.8. The average Bonchev–Trinajstić information content (AvgIpc) is 2.71. The fraction of sp³-hybridized carbons (Fsp3) is 0.625. The van der Waals surface area contributed by atoms with Crippen molar-refractivity contribution < 1.29 is 9.53 Å². The molecular formula is C8H15NO2S. The number of carbonyl (C=O) groups excluding carboxylic acids is 1. The van der Waals surface area contributed by atoms with Gasteiger partial charge < -0.3 is 4.74 Å². The van der Waals surface area contributed by atoms with Gasteiger partial charge in [0.1, 0.15) is 0 Å². The van der Waals surface area contributed by atoms with Crippen molar-refractivity contribution in [1.82, 2.24) is 0 Å². The molecule has 1 aliphatic heterocycles. The van der Waals surface area contributed by atoms with Crippen molar-refractivity contribution >= 4 is 18.7 Å². The summed E-state index contributed by atoms with van der Waals surface area (Å²) in [6.45, 7) is 9.58. The molecule has 1 aliphatic rings. The molecule has 0 radical (unpaired) electrons. The van der Waals surface area contributed by atoms with Crippen LogP contribution in [0.2, 0.25) is 0 Å². The Bertz CT molecular complexity index is 144. The van der Waals surface area contributed by atoms with Crippen LogP contribution in [0.5, 0.6) is 0 Å². The van der Waals surface area contributed by atoms with E-state index < -0.39 is 0 Å². The van der Waals surface area contributed by atoms with Gasteiger partial charge in [-0.25, -0.2) is 9.79 Å². The quantitative estimate of drug-likeness (QED) is 0.296. The second-order valence-corrected chi connectivity index (χ2v) is 2.68. The Kier molecular flexibility index (Phi) is 15.2. The van der Waals surface area contributed by atoms with Gasteiger partial charge in [-0.05, 0) is 18.8 Å². The van der Waals surface area contributed by atoms with Crippen molar-refractivity contribution in [3.63, 3.8) is 0 Å². The van der Waals surface area contributed by atoms with E-state index in [1.165, 1.54) is 6.08 Å². The maximum atomic E-state index is 9.11. The van der Waals surface area contributed by atoms with Gasteiger partial charge in [-0.1, -0.05) is 6.58 Å². The first-order valence-electron chi connectivity index (χ1n) is 3.61. The SMILES string of the molecule is C1CO1.C=C(C)S.CCN=C=O. The number of thiol groups is 1. The van der Waals surface area contributed by atoms with Gasteiger partial charge in [-0.3, -0.25) is 0 Å². The molecule has 0 aromatic heterocycles. The van der Waals surface area contributed by atoms with Crippen molar-refractivity contribution in [3.05, 3.63) is 11.5 Å². The first-order chi connectivity index (χ1) is 5.65. The predicted molar refractivity (Wildman–Crippen MR) is 53.3 cm³/mol. The molecule has 3 nitrogen and oxygen atoms in total. The summed E-state index contributed by atoms with van der Waals surface area (Å²) < 4.78 is 4.50. The molecule has 0 N–H and O–H groups in total. The Balaban J connectivity index is 0. The minimum absolute atomic E-state index is 0.545. The molecule has 0 atom stereocenters. The molecule has 0 saturated carbocycles. The van der Waals surface area contributed by atoms with Crippen LogP contribution in [0.3, 0.4) is 0 Å². The highest BCUT2D eigenvalue weighted by molar-refractivity contribution is 7.84. The number of hydrogen-bond acceptors (Lipinski definition) is 4. The monoisotopic (exact) mass is 189 g/mol. The van der Waals surface area contributed by atoms with Gasteiger partial charge in [0.15, 0.2) is 0 Å². The zero-order valence-electron chi connectivity index (χ0n) is 7.54. The van der Waals surface area contributed by atoms with Crippen molar-refractivity contribution in [2.24, 2.45) is 4.99 Å². The zero-order chi connectivity index (χ0) is 9.82. The van der Waals surface area contributed by atoms with E-state index in [1.54, 1.807) is 6.92 Å². The van der Waals surface area contributed by atoms with Crippen LogP contribution in [0.1, 0.15) is 13.8 Å². The highest BCUT2D eigenvalue weighted by Crippen LogP contribution is 1.86. The summed E-state index contributed by atoms with van der Waals surface area (Å²) in [5.41, 5.74) is 0. The van der Waals surface area contributed by atoms with Gasteiger partial charge in [-0.2, -0.15) is 0 Å². The summed E-state index contributed by atoms with van der Waals surface area (Å²) >= 11 is 3.77. The molecule has 0 aromatic carbocycles. The Hall–Kier alpha value is -0.570. The number of hydrogen-bond donors (Lipinski definition) is 1.